The predicted octanol–water partition coefficient (Wildman–Crippen LogP) is 6.04. The lowest BCUT2D eigenvalue weighted by Crippen LogP contribution is -2.10. The van der Waals surface area contributed by atoms with Crippen molar-refractivity contribution in [2.75, 3.05) is 5.75 Å². The molecule has 1 aromatic heterocycles. The van der Waals surface area contributed by atoms with Gasteiger partial charge >= 0.3 is 12.4 Å². The lowest BCUT2D eigenvalue weighted by molar-refractivity contribution is -0.105. The highest BCUT2D eigenvalue weighted by Crippen LogP contribution is 2.36. The second kappa shape index (κ2) is 8.20. The first kappa shape index (κ1) is 21.1. The molecule has 146 valence electrons. The molecule has 0 saturated heterocycles. The number of hydrogen-bond acceptors (Lipinski definition) is 3. The number of benzene rings is 1. The van der Waals surface area contributed by atoms with E-state index in [-0.39, 0.29) is 23.4 Å². The minimum Gasteiger partial charge on any atom is -0.312 e. The highest BCUT2D eigenvalue weighted by Gasteiger charge is 2.28. The topological polar surface area (TPSA) is 30.2 Å². The van der Waals surface area contributed by atoms with Crippen LogP contribution in [0.5, 0.6) is 0 Å². The maximum Gasteiger partial charge on any atom is 0.409 e. The summed E-state index contributed by atoms with van der Waals surface area (Å²) in [4.78, 5) is 8.53. The van der Waals surface area contributed by atoms with Crippen LogP contribution in [0.15, 0.2) is 40.2 Å². The molecule has 0 aliphatic carbocycles. The van der Waals surface area contributed by atoms with Crippen molar-refractivity contribution in [3.8, 4) is 11.4 Å². The molecule has 0 unspecified atom stereocenters. The van der Waals surface area contributed by atoms with Gasteiger partial charge in [0, 0.05) is 29.8 Å². The number of nitrogens with zero attached hydrogens (tertiary/aromatic N) is 3. The largest absolute Gasteiger partial charge is 0.409 e. The predicted molar refractivity (Wildman–Crippen MR) is 94.3 cm³/mol. The first-order valence-corrected chi connectivity index (χ1v) is 8.60. The Morgan fingerprint density at radius 2 is 1.81 bits per heavy atom. The van der Waals surface area contributed by atoms with Gasteiger partial charge in [-0.25, -0.2) is 9.98 Å². The van der Waals surface area contributed by atoms with Crippen molar-refractivity contribution >= 4 is 29.9 Å². The molecule has 27 heavy (non-hydrogen) atoms. The first-order chi connectivity index (χ1) is 12.5. The van der Waals surface area contributed by atoms with E-state index in [0.717, 1.165) is 6.08 Å². The summed E-state index contributed by atoms with van der Waals surface area (Å²) in [5, 5.41) is 0. The third-order valence-corrected chi connectivity index (χ3v) is 4.43. The molecule has 0 N–H and O–H groups in total. The van der Waals surface area contributed by atoms with Gasteiger partial charge in [-0.1, -0.05) is 18.2 Å². The van der Waals surface area contributed by atoms with E-state index in [4.69, 9.17) is 0 Å². The van der Waals surface area contributed by atoms with Gasteiger partial charge in [0.15, 0.2) is 5.82 Å². The number of imidazole rings is 1. The van der Waals surface area contributed by atoms with E-state index in [0.29, 0.717) is 22.2 Å². The van der Waals surface area contributed by atoms with E-state index in [1.165, 1.54) is 16.8 Å². The second-order valence-corrected chi connectivity index (χ2v) is 6.38. The summed E-state index contributed by atoms with van der Waals surface area (Å²) in [7, 11) is 1.54. The monoisotopic (exact) mass is 407 g/mol. The summed E-state index contributed by atoms with van der Waals surface area (Å²) in [6.07, 6.45) is -6.64. The van der Waals surface area contributed by atoms with Crippen LogP contribution in [0, 0.1) is 0 Å². The van der Waals surface area contributed by atoms with E-state index >= 15 is 0 Å². The molecular formula is C17H15F6N3S. The smallest absolute Gasteiger partial charge is 0.312 e. The molecule has 0 radical (unpaired) electrons. The zero-order chi connectivity index (χ0) is 20.2. The maximum atomic E-state index is 12.6. The van der Waals surface area contributed by atoms with Crippen LogP contribution in [0.3, 0.4) is 0 Å². The van der Waals surface area contributed by atoms with Gasteiger partial charge < -0.3 is 4.57 Å². The fraction of sp³-hybridized carbons (Fsp3) is 0.294. The van der Waals surface area contributed by atoms with Crippen LogP contribution >= 0.6 is 11.8 Å². The van der Waals surface area contributed by atoms with Crippen LogP contribution in [0.4, 0.5) is 32.2 Å². The van der Waals surface area contributed by atoms with Gasteiger partial charge in [-0.2, -0.15) is 26.3 Å². The third kappa shape index (κ3) is 5.88. The molecule has 0 aliphatic rings. The molecule has 0 fully saturated rings. The first-order valence-electron chi connectivity index (χ1n) is 7.62. The number of thioether (sulfide) groups is 1. The normalized spacial score (nSPS) is 13.2. The van der Waals surface area contributed by atoms with E-state index in [1.807, 2.05) is 0 Å². The second-order valence-electron chi connectivity index (χ2n) is 5.37. The number of alkyl halides is 6. The fourth-order valence-electron chi connectivity index (χ4n) is 2.25. The Hall–Kier alpha value is -2.23. The summed E-state index contributed by atoms with van der Waals surface area (Å²) >= 11 is 0.589. The zero-order valence-electron chi connectivity index (χ0n) is 14.3. The molecule has 0 amide bonds. The van der Waals surface area contributed by atoms with Crippen LogP contribution in [-0.2, 0) is 7.05 Å². The van der Waals surface area contributed by atoms with Gasteiger partial charge in [-0.05, 0) is 19.1 Å². The lowest BCUT2D eigenvalue weighted by Gasteiger charge is -2.11. The van der Waals surface area contributed by atoms with Crippen molar-refractivity contribution in [1.82, 2.24) is 9.55 Å². The van der Waals surface area contributed by atoms with Crippen LogP contribution in [-0.4, -0.2) is 33.9 Å². The summed E-state index contributed by atoms with van der Waals surface area (Å²) in [5.74, 6) is -0.693. The van der Waals surface area contributed by atoms with Crippen molar-refractivity contribution in [1.29, 1.82) is 0 Å². The van der Waals surface area contributed by atoms with Crippen molar-refractivity contribution in [2.24, 2.45) is 12.0 Å². The number of hydrogen-bond donors (Lipinski definition) is 0. The molecule has 0 atom stereocenters. The highest BCUT2D eigenvalue weighted by molar-refractivity contribution is 7.99. The van der Waals surface area contributed by atoms with E-state index in [2.05, 4.69) is 9.98 Å². The molecular weight excluding hydrogens is 392 g/mol. The van der Waals surface area contributed by atoms with Crippen LogP contribution in [0.1, 0.15) is 12.6 Å². The highest BCUT2D eigenvalue weighted by atomic mass is 32.2. The molecule has 2 aromatic rings. The number of rotatable bonds is 5. The molecule has 0 saturated carbocycles. The molecule has 0 spiro atoms. The summed E-state index contributed by atoms with van der Waals surface area (Å²) in [6.45, 7) is 1.59. The molecule has 10 heteroatoms. The van der Waals surface area contributed by atoms with Gasteiger partial charge in [0.1, 0.15) is 11.5 Å². The molecule has 1 aromatic carbocycles. The van der Waals surface area contributed by atoms with E-state index in [9.17, 15) is 26.3 Å². The van der Waals surface area contributed by atoms with Crippen LogP contribution in [0.25, 0.3) is 17.5 Å². The van der Waals surface area contributed by atoms with Gasteiger partial charge in [0.2, 0.25) is 0 Å². The number of aliphatic imine (C=N–C) groups is 1. The zero-order valence-corrected chi connectivity index (χ0v) is 15.1. The minimum absolute atomic E-state index is 0.0291. The molecule has 1 heterocycles. The lowest BCUT2D eigenvalue weighted by atomic mass is 10.2. The maximum absolute atomic E-state index is 12.6. The standard InChI is InChI=1S/C17H15F6N3S/c1-3-24-15-12(8-9-16(18,19)20)25-14(26(15)2)11-6-4-5-7-13(11)27-10-17(21,22)23/h3-9H,10H2,1-2H3/b9-8+,24-3?. The summed E-state index contributed by atoms with van der Waals surface area (Å²) in [6, 6.07) is 6.28. The third-order valence-electron chi connectivity index (χ3n) is 3.29. The average Bonchev–Trinajstić information content (AvgIpc) is 2.87. The van der Waals surface area contributed by atoms with E-state index < -0.39 is 18.1 Å². The van der Waals surface area contributed by atoms with Crippen LogP contribution in [0.2, 0.25) is 0 Å². The summed E-state index contributed by atoms with van der Waals surface area (Å²) in [5.41, 5.74) is 0.354. The molecule has 2 rings (SSSR count). The Morgan fingerprint density at radius 3 is 2.41 bits per heavy atom. The number of aromatic nitrogens is 2. The molecule has 0 bridgehead atoms. The quantitative estimate of drug-likeness (QED) is 0.344. The summed E-state index contributed by atoms with van der Waals surface area (Å²) < 4.78 is 76.6. The Kier molecular flexibility index (Phi) is 6.40. The Balaban J connectivity index is 2.52. The Labute approximate surface area is 155 Å². The Bertz CT molecular complexity index is 849. The van der Waals surface area contributed by atoms with Gasteiger partial charge in [-0.3, -0.25) is 0 Å². The van der Waals surface area contributed by atoms with Crippen LogP contribution < -0.4 is 0 Å². The van der Waals surface area contributed by atoms with E-state index in [1.54, 1.807) is 32.2 Å². The average molecular weight is 407 g/mol. The van der Waals surface area contributed by atoms with Gasteiger partial charge in [-0.15, -0.1) is 11.8 Å². The fourth-order valence-corrected chi connectivity index (χ4v) is 3.06. The van der Waals surface area contributed by atoms with Crippen molar-refractivity contribution in [2.45, 2.75) is 24.2 Å². The van der Waals surface area contributed by atoms with Gasteiger partial charge in [0.25, 0.3) is 0 Å². The van der Waals surface area contributed by atoms with Crippen molar-refractivity contribution in [3.63, 3.8) is 0 Å². The molecule has 3 nitrogen and oxygen atoms in total. The number of allylic oxidation sites excluding steroid dienone is 1. The van der Waals surface area contributed by atoms with Gasteiger partial charge in [0.05, 0.1) is 5.75 Å². The van der Waals surface area contributed by atoms with Crippen molar-refractivity contribution < 1.29 is 26.3 Å². The van der Waals surface area contributed by atoms with Crippen molar-refractivity contribution in [3.05, 3.63) is 36.0 Å². The SMILES string of the molecule is CC=Nc1c(/C=C/C(F)(F)F)nc(-c2ccccc2SCC(F)(F)F)n1C. The number of halogens is 6. The molecule has 0 aliphatic heterocycles. The minimum atomic E-state index is -4.52. The Morgan fingerprint density at radius 1 is 1.15 bits per heavy atom.